The average molecular weight is 170 g/mol. The highest BCUT2D eigenvalue weighted by molar-refractivity contribution is 5.76. The van der Waals surface area contributed by atoms with Crippen molar-refractivity contribution < 1.29 is 4.79 Å². The molecule has 1 aliphatic rings. The molecule has 0 bridgehead atoms. The van der Waals surface area contributed by atoms with Gasteiger partial charge in [-0.2, -0.15) is 0 Å². The molecule has 1 fully saturated rings. The van der Waals surface area contributed by atoms with Crippen LogP contribution in [0.15, 0.2) is 0 Å². The molecular weight excluding hydrogens is 152 g/mol. The van der Waals surface area contributed by atoms with E-state index in [1.54, 1.807) is 0 Å². The molecule has 0 aliphatic carbocycles. The Labute approximate surface area is 73.9 Å². The number of nitrogens with two attached hydrogens (primary N) is 1. The number of rotatable bonds is 2. The summed E-state index contributed by atoms with van der Waals surface area (Å²) < 4.78 is 0. The highest BCUT2D eigenvalue weighted by Gasteiger charge is 2.16. The van der Waals surface area contributed by atoms with Crippen LogP contribution < -0.4 is 5.73 Å². The first kappa shape index (κ1) is 9.52. The van der Waals surface area contributed by atoms with E-state index in [2.05, 4.69) is 0 Å². The molecule has 12 heavy (non-hydrogen) atoms. The molecule has 2 N–H and O–H groups in total. The number of carbonyl (C=O) groups is 1. The topological polar surface area (TPSA) is 46.3 Å². The van der Waals surface area contributed by atoms with E-state index in [9.17, 15) is 4.79 Å². The zero-order valence-electron chi connectivity index (χ0n) is 7.75. The van der Waals surface area contributed by atoms with Crippen LogP contribution in [0, 0.1) is 0 Å². The molecule has 1 aliphatic heterocycles. The third-order valence-corrected chi connectivity index (χ3v) is 2.18. The SMILES string of the molecule is C[C@@H](N)CN1CCCCCC1=O. The van der Waals surface area contributed by atoms with E-state index in [4.69, 9.17) is 5.73 Å². The molecule has 0 unspecified atom stereocenters. The van der Waals surface area contributed by atoms with Gasteiger partial charge in [-0.15, -0.1) is 0 Å². The Bertz CT molecular complexity index is 157. The molecule has 70 valence electrons. The summed E-state index contributed by atoms with van der Waals surface area (Å²) in [6.07, 6.45) is 4.08. The first-order valence-electron chi connectivity index (χ1n) is 4.73. The monoisotopic (exact) mass is 170 g/mol. The molecule has 0 spiro atoms. The third kappa shape index (κ3) is 2.81. The number of amides is 1. The minimum absolute atomic E-state index is 0.104. The van der Waals surface area contributed by atoms with Crippen LogP contribution >= 0.6 is 0 Å². The Kier molecular flexibility index (Phi) is 3.53. The fourth-order valence-corrected chi connectivity index (χ4v) is 1.58. The number of nitrogens with zero attached hydrogens (tertiary/aromatic N) is 1. The molecule has 3 heteroatoms. The minimum Gasteiger partial charge on any atom is -0.341 e. The second kappa shape index (κ2) is 4.45. The van der Waals surface area contributed by atoms with Crippen molar-refractivity contribution in [1.82, 2.24) is 4.90 Å². The van der Waals surface area contributed by atoms with Gasteiger partial charge in [-0.1, -0.05) is 6.42 Å². The van der Waals surface area contributed by atoms with Crippen molar-refractivity contribution in [3.8, 4) is 0 Å². The molecule has 3 nitrogen and oxygen atoms in total. The second-order valence-electron chi connectivity index (χ2n) is 3.63. The van der Waals surface area contributed by atoms with E-state index in [1.807, 2.05) is 11.8 Å². The Morgan fingerprint density at radius 2 is 2.25 bits per heavy atom. The molecule has 1 atom stereocenters. The summed E-state index contributed by atoms with van der Waals surface area (Å²) in [4.78, 5) is 13.3. The molecule has 1 rings (SSSR count). The molecule has 1 amide bonds. The second-order valence-corrected chi connectivity index (χ2v) is 3.63. The molecule has 0 aromatic carbocycles. The highest BCUT2D eigenvalue weighted by atomic mass is 16.2. The fraction of sp³-hybridized carbons (Fsp3) is 0.889. The average Bonchev–Trinajstić information content (AvgIpc) is 2.16. The zero-order valence-corrected chi connectivity index (χ0v) is 7.75. The van der Waals surface area contributed by atoms with E-state index in [1.165, 1.54) is 6.42 Å². The Hall–Kier alpha value is -0.570. The van der Waals surface area contributed by atoms with Crippen molar-refractivity contribution in [2.24, 2.45) is 5.73 Å². The lowest BCUT2D eigenvalue weighted by Gasteiger charge is -2.22. The van der Waals surface area contributed by atoms with Crippen molar-refractivity contribution in [1.29, 1.82) is 0 Å². The van der Waals surface area contributed by atoms with Crippen LogP contribution in [-0.2, 0) is 4.79 Å². The summed E-state index contributed by atoms with van der Waals surface area (Å²) >= 11 is 0. The quantitative estimate of drug-likeness (QED) is 0.664. The number of hydrogen-bond acceptors (Lipinski definition) is 2. The number of likely N-dealkylation sites (tertiary alicyclic amines) is 1. The molecular formula is C9H18N2O. The van der Waals surface area contributed by atoms with Gasteiger partial charge in [0.15, 0.2) is 0 Å². The van der Waals surface area contributed by atoms with Gasteiger partial charge in [0.1, 0.15) is 0 Å². The van der Waals surface area contributed by atoms with Crippen molar-refractivity contribution in [3.05, 3.63) is 0 Å². The van der Waals surface area contributed by atoms with Gasteiger partial charge in [-0.25, -0.2) is 0 Å². The van der Waals surface area contributed by atoms with Crippen LogP contribution in [0.1, 0.15) is 32.6 Å². The third-order valence-electron chi connectivity index (χ3n) is 2.18. The maximum Gasteiger partial charge on any atom is 0.222 e. The number of carbonyl (C=O) groups excluding carboxylic acids is 1. The van der Waals surface area contributed by atoms with Gasteiger partial charge in [0.25, 0.3) is 0 Å². The highest BCUT2D eigenvalue weighted by Crippen LogP contribution is 2.10. The van der Waals surface area contributed by atoms with Crippen LogP contribution in [0.25, 0.3) is 0 Å². The molecule has 1 saturated heterocycles. The number of hydrogen-bond donors (Lipinski definition) is 1. The predicted molar refractivity (Wildman–Crippen MR) is 48.7 cm³/mol. The Morgan fingerprint density at radius 3 is 2.92 bits per heavy atom. The van der Waals surface area contributed by atoms with Gasteiger partial charge in [-0.3, -0.25) is 4.79 Å². The van der Waals surface area contributed by atoms with Gasteiger partial charge in [0.2, 0.25) is 5.91 Å². The van der Waals surface area contributed by atoms with Crippen LogP contribution in [0.3, 0.4) is 0 Å². The molecule has 0 saturated carbocycles. The van der Waals surface area contributed by atoms with Crippen molar-refractivity contribution in [3.63, 3.8) is 0 Å². The minimum atomic E-state index is 0.104. The van der Waals surface area contributed by atoms with Gasteiger partial charge in [-0.05, 0) is 19.8 Å². The van der Waals surface area contributed by atoms with Crippen LogP contribution in [0.4, 0.5) is 0 Å². The Balaban J connectivity index is 2.42. The van der Waals surface area contributed by atoms with Crippen LogP contribution in [0.2, 0.25) is 0 Å². The summed E-state index contributed by atoms with van der Waals surface area (Å²) in [6, 6.07) is 0.104. The first-order chi connectivity index (χ1) is 5.70. The zero-order chi connectivity index (χ0) is 8.97. The normalized spacial score (nSPS) is 22.2. The van der Waals surface area contributed by atoms with E-state index in [-0.39, 0.29) is 11.9 Å². The standard InChI is InChI=1S/C9H18N2O/c1-8(10)7-11-6-4-2-3-5-9(11)12/h8H,2-7,10H2,1H3/t8-/m1/s1. The summed E-state index contributed by atoms with van der Waals surface area (Å²) in [5, 5.41) is 0. The molecule has 1 heterocycles. The maximum atomic E-state index is 11.4. The predicted octanol–water partition coefficient (Wildman–Crippen LogP) is 0.736. The van der Waals surface area contributed by atoms with E-state index >= 15 is 0 Å². The van der Waals surface area contributed by atoms with Gasteiger partial charge in [0.05, 0.1) is 0 Å². The largest absolute Gasteiger partial charge is 0.341 e. The van der Waals surface area contributed by atoms with Crippen molar-refractivity contribution >= 4 is 5.91 Å². The van der Waals surface area contributed by atoms with Crippen LogP contribution in [-0.4, -0.2) is 29.9 Å². The lowest BCUT2D eigenvalue weighted by molar-refractivity contribution is -0.130. The smallest absolute Gasteiger partial charge is 0.222 e. The summed E-state index contributed by atoms with van der Waals surface area (Å²) in [6.45, 7) is 3.57. The van der Waals surface area contributed by atoms with Gasteiger partial charge >= 0.3 is 0 Å². The summed E-state index contributed by atoms with van der Waals surface area (Å²) in [7, 11) is 0. The van der Waals surface area contributed by atoms with E-state index in [0.717, 1.165) is 25.9 Å². The molecule has 0 aromatic heterocycles. The summed E-state index contributed by atoms with van der Waals surface area (Å²) in [5.74, 6) is 0.282. The van der Waals surface area contributed by atoms with Gasteiger partial charge < -0.3 is 10.6 Å². The Morgan fingerprint density at radius 1 is 1.50 bits per heavy atom. The van der Waals surface area contributed by atoms with Crippen LogP contribution in [0.5, 0.6) is 0 Å². The molecule has 0 radical (unpaired) electrons. The fourth-order valence-electron chi connectivity index (χ4n) is 1.58. The summed E-state index contributed by atoms with van der Waals surface area (Å²) in [5.41, 5.74) is 5.64. The molecule has 0 aromatic rings. The lowest BCUT2D eigenvalue weighted by Crippen LogP contribution is -2.39. The van der Waals surface area contributed by atoms with Crippen molar-refractivity contribution in [2.45, 2.75) is 38.6 Å². The first-order valence-corrected chi connectivity index (χ1v) is 4.73. The van der Waals surface area contributed by atoms with E-state index in [0.29, 0.717) is 6.42 Å². The van der Waals surface area contributed by atoms with E-state index < -0.39 is 0 Å². The maximum absolute atomic E-state index is 11.4. The van der Waals surface area contributed by atoms with Gasteiger partial charge in [0, 0.05) is 25.6 Å². The van der Waals surface area contributed by atoms with Crippen molar-refractivity contribution in [2.75, 3.05) is 13.1 Å². The lowest BCUT2D eigenvalue weighted by atomic mass is 10.2.